The smallest absolute Gasteiger partial charge is 0.370 e. The minimum Gasteiger partial charge on any atom is -0.370 e. The second-order valence-corrected chi connectivity index (χ2v) is 4.85. The Morgan fingerprint density at radius 3 is 2.43 bits per heavy atom. The SMILES string of the molecule is CCNc1cc(C(F)(F)F)cc(NCC(=O)NC2CC2)n1. The molecule has 21 heavy (non-hydrogen) atoms. The van der Waals surface area contributed by atoms with Crippen molar-refractivity contribution in [2.45, 2.75) is 32.0 Å². The van der Waals surface area contributed by atoms with Crippen LogP contribution in [-0.2, 0) is 11.0 Å². The molecule has 1 amide bonds. The molecule has 1 aliphatic rings. The maximum atomic E-state index is 12.8. The summed E-state index contributed by atoms with van der Waals surface area (Å²) in [6, 6.07) is 2.05. The Kier molecular flexibility index (Phi) is 4.54. The van der Waals surface area contributed by atoms with Gasteiger partial charge in [-0.3, -0.25) is 4.79 Å². The number of nitrogens with one attached hydrogen (secondary N) is 3. The number of hydrogen-bond donors (Lipinski definition) is 3. The van der Waals surface area contributed by atoms with Gasteiger partial charge in [-0.1, -0.05) is 0 Å². The van der Waals surface area contributed by atoms with E-state index in [1.54, 1.807) is 6.92 Å². The number of nitrogens with zero attached hydrogens (tertiary/aromatic N) is 1. The highest BCUT2D eigenvalue weighted by Gasteiger charge is 2.31. The third kappa shape index (κ3) is 4.80. The summed E-state index contributed by atoms with van der Waals surface area (Å²) in [6.07, 6.45) is -2.55. The highest BCUT2D eigenvalue weighted by Crippen LogP contribution is 2.32. The maximum absolute atomic E-state index is 12.8. The van der Waals surface area contributed by atoms with Gasteiger partial charge in [-0.2, -0.15) is 13.2 Å². The number of pyridine rings is 1. The minimum atomic E-state index is -4.46. The number of rotatable bonds is 6. The van der Waals surface area contributed by atoms with Crippen LogP contribution in [0.3, 0.4) is 0 Å². The van der Waals surface area contributed by atoms with Crippen LogP contribution < -0.4 is 16.0 Å². The highest BCUT2D eigenvalue weighted by molar-refractivity contribution is 5.81. The molecule has 1 saturated carbocycles. The Balaban J connectivity index is 2.05. The number of aromatic nitrogens is 1. The molecular weight excluding hydrogens is 285 g/mol. The molecule has 0 spiro atoms. The molecule has 5 nitrogen and oxygen atoms in total. The standard InChI is InChI=1S/C13H17F3N4O/c1-2-17-10-5-8(13(14,15)16)6-11(20-10)18-7-12(21)19-9-3-4-9/h5-6,9H,2-4,7H2,1H3,(H,19,21)(H2,17,18,20). The highest BCUT2D eigenvalue weighted by atomic mass is 19.4. The second-order valence-electron chi connectivity index (χ2n) is 4.85. The molecule has 0 unspecified atom stereocenters. The third-order valence-electron chi connectivity index (χ3n) is 2.88. The van der Waals surface area contributed by atoms with Crippen molar-refractivity contribution in [1.82, 2.24) is 10.3 Å². The molecule has 0 saturated heterocycles. The van der Waals surface area contributed by atoms with E-state index in [1.807, 2.05) is 0 Å². The average Bonchev–Trinajstić information content (AvgIpc) is 3.19. The van der Waals surface area contributed by atoms with E-state index in [-0.39, 0.29) is 30.1 Å². The zero-order valence-corrected chi connectivity index (χ0v) is 11.5. The summed E-state index contributed by atoms with van der Waals surface area (Å²) in [6.45, 7) is 2.12. The summed E-state index contributed by atoms with van der Waals surface area (Å²) in [5.74, 6) is -0.106. The molecule has 0 bridgehead atoms. The van der Waals surface area contributed by atoms with E-state index in [4.69, 9.17) is 0 Å². The van der Waals surface area contributed by atoms with Gasteiger partial charge in [0.25, 0.3) is 0 Å². The van der Waals surface area contributed by atoms with E-state index in [2.05, 4.69) is 20.9 Å². The predicted octanol–water partition coefficient (Wildman–Crippen LogP) is 2.22. The van der Waals surface area contributed by atoms with E-state index >= 15 is 0 Å². The van der Waals surface area contributed by atoms with Crippen molar-refractivity contribution in [3.63, 3.8) is 0 Å². The van der Waals surface area contributed by atoms with Crippen LogP contribution in [-0.4, -0.2) is 30.0 Å². The summed E-state index contributed by atoms with van der Waals surface area (Å²) in [5.41, 5.74) is -0.807. The van der Waals surface area contributed by atoms with Gasteiger partial charge >= 0.3 is 6.18 Å². The van der Waals surface area contributed by atoms with E-state index in [9.17, 15) is 18.0 Å². The van der Waals surface area contributed by atoms with E-state index in [0.29, 0.717) is 6.54 Å². The summed E-state index contributed by atoms with van der Waals surface area (Å²) in [4.78, 5) is 15.5. The van der Waals surface area contributed by atoms with Gasteiger partial charge in [-0.25, -0.2) is 4.98 Å². The quantitative estimate of drug-likeness (QED) is 0.754. The first kappa shape index (κ1) is 15.4. The van der Waals surface area contributed by atoms with Gasteiger partial charge in [0, 0.05) is 12.6 Å². The first-order valence-corrected chi connectivity index (χ1v) is 6.75. The van der Waals surface area contributed by atoms with Crippen LogP contribution in [0.1, 0.15) is 25.3 Å². The lowest BCUT2D eigenvalue weighted by molar-refractivity contribution is -0.137. The summed E-state index contributed by atoms with van der Waals surface area (Å²) < 4.78 is 38.4. The molecular formula is C13H17F3N4O. The Bertz CT molecular complexity index is 515. The second kappa shape index (κ2) is 6.19. The van der Waals surface area contributed by atoms with Crippen molar-refractivity contribution in [2.75, 3.05) is 23.7 Å². The van der Waals surface area contributed by atoms with Gasteiger partial charge in [0.1, 0.15) is 11.6 Å². The van der Waals surface area contributed by atoms with Crippen LogP contribution in [0, 0.1) is 0 Å². The molecule has 2 rings (SSSR count). The lowest BCUT2D eigenvalue weighted by Gasteiger charge is -2.13. The van der Waals surface area contributed by atoms with E-state index < -0.39 is 11.7 Å². The lowest BCUT2D eigenvalue weighted by Crippen LogP contribution is -2.31. The molecule has 1 aromatic rings. The largest absolute Gasteiger partial charge is 0.416 e. The van der Waals surface area contributed by atoms with Crippen LogP contribution in [0.2, 0.25) is 0 Å². The molecule has 1 heterocycles. The number of amides is 1. The fourth-order valence-corrected chi connectivity index (χ4v) is 1.73. The molecule has 0 atom stereocenters. The summed E-state index contributed by atoms with van der Waals surface area (Å²) in [5, 5.41) is 8.11. The lowest BCUT2D eigenvalue weighted by atomic mass is 10.2. The topological polar surface area (TPSA) is 66.0 Å². The molecule has 8 heteroatoms. The molecule has 116 valence electrons. The van der Waals surface area contributed by atoms with E-state index in [0.717, 1.165) is 25.0 Å². The van der Waals surface area contributed by atoms with Gasteiger partial charge in [-0.15, -0.1) is 0 Å². The molecule has 0 aromatic carbocycles. The Morgan fingerprint density at radius 2 is 1.90 bits per heavy atom. The monoisotopic (exact) mass is 302 g/mol. The number of carbonyl (C=O) groups is 1. The van der Waals surface area contributed by atoms with Crippen molar-refractivity contribution in [3.05, 3.63) is 17.7 Å². The van der Waals surface area contributed by atoms with Crippen LogP contribution in [0.15, 0.2) is 12.1 Å². The maximum Gasteiger partial charge on any atom is 0.416 e. The van der Waals surface area contributed by atoms with Crippen molar-refractivity contribution in [3.8, 4) is 0 Å². The predicted molar refractivity (Wildman–Crippen MR) is 73.1 cm³/mol. The van der Waals surface area contributed by atoms with Crippen molar-refractivity contribution in [1.29, 1.82) is 0 Å². The molecule has 0 radical (unpaired) electrons. The average molecular weight is 302 g/mol. The number of carbonyl (C=O) groups excluding carboxylic acids is 1. The van der Waals surface area contributed by atoms with Crippen LogP contribution in [0.5, 0.6) is 0 Å². The normalized spacial score (nSPS) is 14.7. The molecule has 1 aliphatic carbocycles. The zero-order chi connectivity index (χ0) is 15.5. The van der Waals surface area contributed by atoms with Crippen LogP contribution in [0.4, 0.5) is 24.8 Å². The summed E-state index contributed by atoms with van der Waals surface area (Å²) in [7, 11) is 0. The first-order chi connectivity index (χ1) is 9.88. The third-order valence-corrected chi connectivity index (χ3v) is 2.88. The summed E-state index contributed by atoms with van der Waals surface area (Å²) >= 11 is 0. The van der Waals surface area contributed by atoms with Crippen LogP contribution >= 0.6 is 0 Å². The van der Waals surface area contributed by atoms with Gasteiger partial charge in [0.05, 0.1) is 12.1 Å². The van der Waals surface area contributed by atoms with Gasteiger partial charge in [0.15, 0.2) is 0 Å². The van der Waals surface area contributed by atoms with Gasteiger partial charge < -0.3 is 16.0 Å². The Morgan fingerprint density at radius 1 is 1.29 bits per heavy atom. The molecule has 0 aliphatic heterocycles. The van der Waals surface area contributed by atoms with Gasteiger partial charge in [0.2, 0.25) is 5.91 Å². The molecule has 1 fully saturated rings. The fraction of sp³-hybridized carbons (Fsp3) is 0.538. The Labute approximate surface area is 120 Å². The Hall–Kier alpha value is -1.99. The number of anilines is 2. The van der Waals surface area contributed by atoms with E-state index in [1.165, 1.54) is 0 Å². The molecule has 1 aromatic heterocycles. The fourth-order valence-electron chi connectivity index (χ4n) is 1.73. The van der Waals surface area contributed by atoms with Gasteiger partial charge in [-0.05, 0) is 31.9 Å². The van der Waals surface area contributed by atoms with Crippen molar-refractivity contribution < 1.29 is 18.0 Å². The first-order valence-electron chi connectivity index (χ1n) is 6.75. The minimum absolute atomic E-state index is 0.0201. The zero-order valence-electron chi connectivity index (χ0n) is 11.5. The number of hydrogen-bond acceptors (Lipinski definition) is 4. The number of halogens is 3. The van der Waals surface area contributed by atoms with Crippen molar-refractivity contribution >= 4 is 17.5 Å². The molecule has 3 N–H and O–H groups in total. The number of alkyl halides is 3. The van der Waals surface area contributed by atoms with Crippen LogP contribution in [0.25, 0.3) is 0 Å². The van der Waals surface area contributed by atoms with Crippen molar-refractivity contribution in [2.24, 2.45) is 0 Å².